The summed E-state index contributed by atoms with van der Waals surface area (Å²) in [6.45, 7) is 10.2. The van der Waals surface area contributed by atoms with E-state index in [1.54, 1.807) is 12.5 Å². The first-order chi connectivity index (χ1) is 10.9. The van der Waals surface area contributed by atoms with Crippen LogP contribution in [0.5, 0.6) is 5.75 Å². The molecule has 3 aromatic rings. The lowest BCUT2D eigenvalue weighted by molar-refractivity contribution is 0.133. The zero-order valence-corrected chi connectivity index (χ0v) is 14.2. The predicted octanol–water partition coefficient (Wildman–Crippen LogP) is 4.49. The maximum absolute atomic E-state index is 6.11. The number of nitrogens with zero attached hydrogens (tertiary/aromatic N) is 3. The van der Waals surface area contributed by atoms with Gasteiger partial charge in [-0.05, 0) is 58.4 Å². The van der Waals surface area contributed by atoms with E-state index in [1.807, 2.05) is 52.9 Å². The molecule has 0 spiro atoms. The first-order valence-corrected chi connectivity index (χ1v) is 7.71. The van der Waals surface area contributed by atoms with Gasteiger partial charge in [-0.15, -0.1) is 0 Å². The Labute approximate surface area is 136 Å². The van der Waals surface area contributed by atoms with E-state index in [1.165, 1.54) is 0 Å². The molecule has 0 unspecified atom stereocenters. The van der Waals surface area contributed by atoms with E-state index in [0.717, 1.165) is 39.0 Å². The van der Waals surface area contributed by atoms with Gasteiger partial charge in [0.15, 0.2) is 0 Å². The lowest BCUT2D eigenvalue weighted by atomic mass is 9.97. The second-order valence-electron chi connectivity index (χ2n) is 6.67. The van der Waals surface area contributed by atoms with Gasteiger partial charge in [-0.1, -0.05) is 0 Å². The summed E-state index contributed by atoms with van der Waals surface area (Å²) in [5.41, 5.74) is 3.83. The zero-order chi connectivity index (χ0) is 16.6. The molecule has 0 atom stereocenters. The highest BCUT2D eigenvalue weighted by molar-refractivity contribution is 6.00. The van der Waals surface area contributed by atoms with Crippen LogP contribution < -0.4 is 4.74 Å². The van der Waals surface area contributed by atoms with Crippen molar-refractivity contribution in [3.63, 3.8) is 0 Å². The van der Waals surface area contributed by atoms with Crippen LogP contribution in [0.2, 0.25) is 0 Å². The monoisotopic (exact) mass is 307 g/mol. The third kappa shape index (κ3) is 3.02. The standard InChI is InChI=1S/C19H21N3O/c1-12-18(13(2)22-11-21-12)15-6-7-17(23-19(3,4)5)14-8-9-20-10-16(14)15/h6-11H,1-5H3. The van der Waals surface area contributed by atoms with Gasteiger partial charge in [0, 0.05) is 40.1 Å². The van der Waals surface area contributed by atoms with Gasteiger partial charge < -0.3 is 4.74 Å². The normalized spacial score (nSPS) is 11.7. The van der Waals surface area contributed by atoms with Crippen molar-refractivity contribution < 1.29 is 4.74 Å². The van der Waals surface area contributed by atoms with Gasteiger partial charge in [0.05, 0.1) is 0 Å². The van der Waals surface area contributed by atoms with Crippen LogP contribution in [-0.2, 0) is 0 Å². The van der Waals surface area contributed by atoms with Crippen molar-refractivity contribution in [3.8, 4) is 16.9 Å². The van der Waals surface area contributed by atoms with Crippen LogP contribution in [-0.4, -0.2) is 20.6 Å². The molecule has 0 aliphatic heterocycles. The fourth-order valence-corrected chi connectivity index (χ4v) is 2.78. The molecule has 2 heterocycles. The lowest BCUT2D eigenvalue weighted by Crippen LogP contribution is -2.23. The van der Waals surface area contributed by atoms with Crippen LogP contribution >= 0.6 is 0 Å². The summed E-state index contributed by atoms with van der Waals surface area (Å²) in [7, 11) is 0. The Morgan fingerprint density at radius 3 is 2.26 bits per heavy atom. The third-order valence-electron chi connectivity index (χ3n) is 3.69. The van der Waals surface area contributed by atoms with Gasteiger partial charge in [-0.3, -0.25) is 4.98 Å². The van der Waals surface area contributed by atoms with Crippen LogP contribution in [0.4, 0.5) is 0 Å². The summed E-state index contributed by atoms with van der Waals surface area (Å²) in [6, 6.07) is 6.09. The molecule has 0 bridgehead atoms. The predicted molar refractivity (Wildman–Crippen MR) is 92.6 cm³/mol. The van der Waals surface area contributed by atoms with Gasteiger partial charge in [0.2, 0.25) is 0 Å². The smallest absolute Gasteiger partial charge is 0.128 e. The molecule has 0 aliphatic rings. The van der Waals surface area contributed by atoms with Crippen molar-refractivity contribution in [2.45, 2.75) is 40.2 Å². The van der Waals surface area contributed by atoms with Crippen molar-refractivity contribution in [1.29, 1.82) is 0 Å². The molecule has 23 heavy (non-hydrogen) atoms. The maximum Gasteiger partial charge on any atom is 0.128 e. The Morgan fingerprint density at radius 2 is 1.61 bits per heavy atom. The summed E-state index contributed by atoms with van der Waals surface area (Å²) < 4.78 is 6.11. The van der Waals surface area contributed by atoms with Gasteiger partial charge in [0.1, 0.15) is 17.7 Å². The number of fused-ring (bicyclic) bond motifs is 1. The summed E-state index contributed by atoms with van der Waals surface area (Å²) in [6.07, 6.45) is 5.28. The van der Waals surface area contributed by atoms with Gasteiger partial charge in [0.25, 0.3) is 0 Å². The van der Waals surface area contributed by atoms with Gasteiger partial charge in [-0.25, -0.2) is 9.97 Å². The third-order valence-corrected chi connectivity index (χ3v) is 3.69. The number of aryl methyl sites for hydroxylation is 2. The molecule has 0 saturated heterocycles. The Kier molecular flexibility index (Phi) is 3.76. The summed E-state index contributed by atoms with van der Waals surface area (Å²) >= 11 is 0. The molecule has 1 aromatic carbocycles. The van der Waals surface area contributed by atoms with Crippen LogP contribution in [0.15, 0.2) is 36.9 Å². The fraction of sp³-hybridized carbons (Fsp3) is 0.316. The minimum atomic E-state index is -0.251. The minimum Gasteiger partial charge on any atom is -0.488 e. The average Bonchev–Trinajstić information content (AvgIpc) is 2.47. The number of hydrogen-bond donors (Lipinski definition) is 0. The van der Waals surface area contributed by atoms with E-state index >= 15 is 0 Å². The molecule has 3 rings (SSSR count). The van der Waals surface area contributed by atoms with E-state index in [9.17, 15) is 0 Å². The highest BCUT2D eigenvalue weighted by Gasteiger charge is 2.17. The van der Waals surface area contributed by atoms with E-state index in [2.05, 4.69) is 21.0 Å². The highest BCUT2D eigenvalue weighted by Crippen LogP contribution is 2.37. The fourth-order valence-electron chi connectivity index (χ4n) is 2.78. The van der Waals surface area contributed by atoms with Crippen molar-refractivity contribution in [1.82, 2.24) is 15.0 Å². The summed E-state index contributed by atoms with van der Waals surface area (Å²) in [5, 5.41) is 2.10. The van der Waals surface area contributed by atoms with Crippen LogP contribution in [0.1, 0.15) is 32.2 Å². The number of aromatic nitrogens is 3. The first kappa shape index (κ1) is 15.4. The number of pyridine rings is 1. The Hall–Kier alpha value is -2.49. The SMILES string of the molecule is Cc1ncnc(C)c1-c1ccc(OC(C)(C)C)c2ccncc12. The Balaban J connectivity index is 2.27. The van der Waals surface area contributed by atoms with Gasteiger partial charge in [-0.2, -0.15) is 0 Å². The average molecular weight is 307 g/mol. The van der Waals surface area contributed by atoms with Crippen LogP contribution in [0.25, 0.3) is 21.9 Å². The summed E-state index contributed by atoms with van der Waals surface area (Å²) in [5.74, 6) is 0.866. The van der Waals surface area contributed by atoms with Crippen molar-refractivity contribution in [2.75, 3.05) is 0 Å². The molecule has 0 saturated carbocycles. The van der Waals surface area contributed by atoms with Crippen molar-refractivity contribution >= 4 is 10.8 Å². The molecule has 2 aromatic heterocycles. The quantitative estimate of drug-likeness (QED) is 0.700. The van der Waals surface area contributed by atoms with E-state index < -0.39 is 0 Å². The van der Waals surface area contributed by atoms with Crippen LogP contribution in [0.3, 0.4) is 0 Å². The number of rotatable bonds is 2. The minimum absolute atomic E-state index is 0.251. The molecule has 0 N–H and O–H groups in total. The maximum atomic E-state index is 6.11. The number of benzene rings is 1. The van der Waals surface area contributed by atoms with Crippen LogP contribution in [0, 0.1) is 13.8 Å². The van der Waals surface area contributed by atoms with Crippen molar-refractivity contribution in [3.05, 3.63) is 48.3 Å². The molecular formula is C19H21N3O. The number of hydrogen-bond acceptors (Lipinski definition) is 4. The molecule has 4 heteroatoms. The molecule has 4 nitrogen and oxygen atoms in total. The highest BCUT2D eigenvalue weighted by atomic mass is 16.5. The molecule has 0 radical (unpaired) electrons. The topological polar surface area (TPSA) is 47.9 Å². The molecule has 0 fully saturated rings. The second-order valence-corrected chi connectivity index (χ2v) is 6.67. The Morgan fingerprint density at radius 1 is 0.913 bits per heavy atom. The molecular weight excluding hydrogens is 286 g/mol. The number of ether oxygens (including phenoxy) is 1. The molecule has 0 aliphatic carbocycles. The first-order valence-electron chi connectivity index (χ1n) is 7.71. The van der Waals surface area contributed by atoms with E-state index in [-0.39, 0.29) is 5.60 Å². The summed E-state index contributed by atoms with van der Waals surface area (Å²) in [4.78, 5) is 13.0. The van der Waals surface area contributed by atoms with Gasteiger partial charge >= 0.3 is 0 Å². The largest absolute Gasteiger partial charge is 0.488 e. The second kappa shape index (κ2) is 5.61. The lowest BCUT2D eigenvalue weighted by Gasteiger charge is -2.23. The Bertz CT molecular complexity index is 846. The van der Waals surface area contributed by atoms with E-state index in [0.29, 0.717) is 0 Å². The van der Waals surface area contributed by atoms with Crippen molar-refractivity contribution in [2.24, 2.45) is 0 Å². The van der Waals surface area contributed by atoms with E-state index in [4.69, 9.17) is 4.74 Å². The molecule has 118 valence electrons. The molecule has 0 amide bonds. The zero-order valence-electron chi connectivity index (χ0n) is 14.2.